The number of hydrogen-bond acceptors (Lipinski definition) is 4. The van der Waals surface area contributed by atoms with Crippen LogP contribution in [-0.2, 0) is 0 Å². The Morgan fingerprint density at radius 1 is 1.00 bits per heavy atom. The van der Waals surface area contributed by atoms with Crippen molar-refractivity contribution in [3.63, 3.8) is 0 Å². The fourth-order valence-corrected chi connectivity index (χ4v) is 3.04. The van der Waals surface area contributed by atoms with Gasteiger partial charge >= 0.3 is 0 Å². The largest absolute Gasteiger partial charge is 0.302 e. The molecule has 1 unspecified atom stereocenters. The fraction of sp³-hybridized carbons (Fsp3) is 0.105. The van der Waals surface area contributed by atoms with Crippen LogP contribution in [0.15, 0.2) is 71.8 Å². The van der Waals surface area contributed by atoms with Gasteiger partial charge in [-0.1, -0.05) is 48.5 Å². The van der Waals surface area contributed by atoms with E-state index < -0.39 is 0 Å². The summed E-state index contributed by atoms with van der Waals surface area (Å²) >= 11 is 0. The highest BCUT2D eigenvalue weighted by atomic mass is 16.6. The summed E-state index contributed by atoms with van der Waals surface area (Å²) in [7, 11) is 0. The molecule has 1 aliphatic rings. The van der Waals surface area contributed by atoms with Crippen LogP contribution in [-0.4, -0.2) is 10.6 Å². The van der Waals surface area contributed by atoms with Gasteiger partial charge in [-0.25, -0.2) is 0 Å². The number of hydrazone groups is 1. The van der Waals surface area contributed by atoms with Gasteiger partial charge in [-0.3, -0.25) is 10.1 Å². The van der Waals surface area contributed by atoms with Crippen LogP contribution in [0.2, 0.25) is 0 Å². The molecule has 0 radical (unpaired) electrons. The van der Waals surface area contributed by atoms with Crippen molar-refractivity contribution < 1.29 is 4.92 Å². The Bertz CT molecular complexity index is 965. The third kappa shape index (κ3) is 2.60. The average Bonchev–Trinajstić information content (AvgIpc) is 3.11. The minimum absolute atomic E-state index is 0.0869. The third-order valence-corrected chi connectivity index (χ3v) is 4.32. The van der Waals surface area contributed by atoms with E-state index in [1.54, 1.807) is 12.1 Å². The number of fused-ring (bicyclic) bond motifs is 1. The summed E-state index contributed by atoms with van der Waals surface area (Å²) in [6, 6.07) is 21.3. The normalized spacial score (nSPS) is 16.7. The topological polar surface area (TPSA) is 67.5 Å². The van der Waals surface area contributed by atoms with E-state index in [9.17, 15) is 10.1 Å². The predicted molar refractivity (Wildman–Crippen MR) is 94.1 cm³/mol. The van der Waals surface area contributed by atoms with E-state index in [1.807, 2.05) is 18.2 Å². The molecule has 24 heavy (non-hydrogen) atoms. The SMILES string of the molecule is O=[N+]([O-])c1cccc(C2=NNC(c3ccc4ccccc4c3)C2)c1. The number of nitro groups is 1. The van der Waals surface area contributed by atoms with Crippen molar-refractivity contribution in [1.82, 2.24) is 5.43 Å². The molecule has 0 aromatic heterocycles. The van der Waals surface area contributed by atoms with E-state index in [1.165, 1.54) is 16.8 Å². The molecule has 1 N–H and O–H groups in total. The fourth-order valence-electron chi connectivity index (χ4n) is 3.04. The van der Waals surface area contributed by atoms with E-state index in [4.69, 9.17) is 0 Å². The number of nitrogens with zero attached hydrogens (tertiary/aromatic N) is 2. The highest BCUT2D eigenvalue weighted by Crippen LogP contribution is 2.28. The zero-order valence-corrected chi connectivity index (χ0v) is 12.8. The number of rotatable bonds is 3. The van der Waals surface area contributed by atoms with E-state index in [0.717, 1.165) is 16.8 Å². The van der Waals surface area contributed by atoms with Gasteiger partial charge < -0.3 is 5.43 Å². The molecule has 0 saturated heterocycles. The molecule has 0 spiro atoms. The second-order valence-electron chi connectivity index (χ2n) is 5.86. The first-order chi connectivity index (χ1) is 11.7. The Kier molecular flexibility index (Phi) is 3.46. The summed E-state index contributed by atoms with van der Waals surface area (Å²) in [4.78, 5) is 10.5. The first-order valence-corrected chi connectivity index (χ1v) is 7.76. The van der Waals surface area contributed by atoms with Crippen LogP contribution in [0.25, 0.3) is 10.8 Å². The van der Waals surface area contributed by atoms with Gasteiger partial charge in [0.15, 0.2) is 0 Å². The molecule has 1 heterocycles. The van der Waals surface area contributed by atoms with E-state index in [-0.39, 0.29) is 16.7 Å². The number of non-ortho nitro benzene ring substituents is 1. The van der Waals surface area contributed by atoms with Gasteiger partial charge in [-0.05, 0) is 22.4 Å². The van der Waals surface area contributed by atoms with E-state index in [0.29, 0.717) is 6.42 Å². The maximum Gasteiger partial charge on any atom is 0.270 e. The number of hydrogen-bond donors (Lipinski definition) is 1. The van der Waals surface area contributed by atoms with Crippen molar-refractivity contribution in [3.05, 3.63) is 88.0 Å². The molecule has 1 aliphatic heterocycles. The van der Waals surface area contributed by atoms with Crippen molar-refractivity contribution in [2.24, 2.45) is 5.10 Å². The van der Waals surface area contributed by atoms with Crippen molar-refractivity contribution in [2.45, 2.75) is 12.5 Å². The second kappa shape index (κ2) is 5.77. The van der Waals surface area contributed by atoms with Crippen molar-refractivity contribution in [1.29, 1.82) is 0 Å². The molecule has 0 bridgehead atoms. The lowest BCUT2D eigenvalue weighted by Crippen LogP contribution is -2.09. The lowest BCUT2D eigenvalue weighted by atomic mass is 9.97. The Morgan fingerprint density at radius 2 is 1.83 bits per heavy atom. The summed E-state index contributed by atoms with van der Waals surface area (Å²) < 4.78 is 0. The van der Waals surface area contributed by atoms with Crippen molar-refractivity contribution >= 4 is 22.2 Å². The molecule has 3 aromatic carbocycles. The second-order valence-corrected chi connectivity index (χ2v) is 5.86. The highest BCUT2D eigenvalue weighted by Gasteiger charge is 2.22. The lowest BCUT2D eigenvalue weighted by Gasteiger charge is -2.11. The molecule has 3 aromatic rings. The molecular formula is C19H15N3O2. The molecule has 5 nitrogen and oxygen atoms in total. The van der Waals surface area contributed by atoms with Gasteiger partial charge in [0.2, 0.25) is 0 Å². The summed E-state index contributed by atoms with van der Waals surface area (Å²) in [6.45, 7) is 0. The molecule has 4 rings (SSSR count). The summed E-state index contributed by atoms with van der Waals surface area (Å²) in [6.07, 6.45) is 0.708. The molecule has 0 saturated carbocycles. The van der Waals surface area contributed by atoms with Gasteiger partial charge in [0.25, 0.3) is 5.69 Å². The quantitative estimate of drug-likeness (QED) is 0.582. The minimum Gasteiger partial charge on any atom is -0.302 e. The Morgan fingerprint density at radius 3 is 2.67 bits per heavy atom. The van der Waals surface area contributed by atoms with Crippen LogP contribution in [0.4, 0.5) is 5.69 Å². The van der Waals surface area contributed by atoms with Gasteiger partial charge in [-0.15, -0.1) is 0 Å². The van der Waals surface area contributed by atoms with E-state index >= 15 is 0 Å². The molecular weight excluding hydrogens is 302 g/mol. The lowest BCUT2D eigenvalue weighted by molar-refractivity contribution is -0.384. The summed E-state index contributed by atoms with van der Waals surface area (Å²) in [5.41, 5.74) is 6.04. The monoisotopic (exact) mass is 317 g/mol. The van der Waals surface area contributed by atoms with Crippen LogP contribution in [0.3, 0.4) is 0 Å². The van der Waals surface area contributed by atoms with Crippen LogP contribution in [0, 0.1) is 10.1 Å². The van der Waals surface area contributed by atoms with Crippen LogP contribution in [0.1, 0.15) is 23.6 Å². The summed E-state index contributed by atoms with van der Waals surface area (Å²) in [5, 5.41) is 17.7. The predicted octanol–water partition coefficient (Wildman–Crippen LogP) is 4.19. The first-order valence-electron chi connectivity index (χ1n) is 7.76. The third-order valence-electron chi connectivity index (χ3n) is 4.32. The Labute approximate surface area is 138 Å². The smallest absolute Gasteiger partial charge is 0.270 e. The Hall–Kier alpha value is -3.21. The molecule has 0 fully saturated rings. The van der Waals surface area contributed by atoms with Gasteiger partial charge in [-0.2, -0.15) is 5.10 Å². The molecule has 0 amide bonds. The molecule has 0 aliphatic carbocycles. The highest BCUT2D eigenvalue weighted by molar-refractivity contribution is 6.02. The number of nitrogens with one attached hydrogen (secondary N) is 1. The van der Waals surface area contributed by atoms with Crippen LogP contribution < -0.4 is 5.43 Å². The zero-order chi connectivity index (χ0) is 16.5. The maximum absolute atomic E-state index is 10.9. The van der Waals surface area contributed by atoms with Gasteiger partial charge in [0, 0.05) is 24.1 Å². The minimum atomic E-state index is -0.382. The average molecular weight is 317 g/mol. The van der Waals surface area contributed by atoms with Crippen molar-refractivity contribution in [2.75, 3.05) is 0 Å². The Balaban J connectivity index is 1.58. The number of benzene rings is 3. The zero-order valence-electron chi connectivity index (χ0n) is 12.8. The molecule has 5 heteroatoms. The molecule has 118 valence electrons. The standard InChI is InChI=1S/C19H15N3O2/c23-22(24)17-7-3-6-15(11-17)18-12-19(21-20-18)16-9-8-13-4-1-2-5-14(13)10-16/h1-11,19,21H,12H2. The van der Waals surface area contributed by atoms with Crippen LogP contribution in [0.5, 0.6) is 0 Å². The van der Waals surface area contributed by atoms with Gasteiger partial charge in [0.1, 0.15) is 0 Å². The van der Waals surface area contributed by atoms with Gasteiger partial charge in [0.05, 0.1) is 16.7 Å². The van der Waals surface area contributed by atoms with E-state index in [2.05, 4.69) is 40.9 Å². The number of nitro benzene ring substituents is 1. The van der Waals surface area contributed by atoms with Crippen LogP contribution >= 0.6 is 0 Å². The first kappa shape index (κ1) is 14.4. The molecule has 1 atom stereocenters. The maximum atomic E-state index is 10.9. The summed E-state index contributed by atoms with van der Waals surface area (Å²) in [5.74, 6) is 0. The van der Waals surface area contributed by atoms with Crippen molar-refractivity contribution in [3.8, 4) is 0 Å².